The highest BCUT2D eigenvalue weighted by atomic mass is 79.9. The van der Waals surface area contributed by atoms with Crippen LogP contribution in [0.15, 0.2) is 115 Å². The van der Waals surface area contributed by atoms with Crippen LogP contribution in [0.1, 0.15) is 75.7 Å². The van der Waals surface area contributed by atoms with Gasteiger partial charge in [0.1, 0.15) is 34.3 Å². The number of ether oxygens (including phenoxy) is 2. The second-order valence-electron chi connectivity index (χ2n) is 14.8. The highest BCUT2D eigenvalue weighted by Crippen LogP contribution is 2.39. The lowest BCUT2D eigenvalue weighted by Gasteiger charge is -2.20. The van der Waals surface area contributed by atoms with Crippen molar-refractivity contribution in [2.45, 2.75) is 12.8 Å². The predicted molar refractivity (Wildman–Crippen MR) is 250 cm³/mol. The number of fused-ring (bicyclic) bond motifs is 4. The molecule has 8 rings (SSSR count). The zero-order valence-electron chi connectivity index (χ0n) is 33.6. The largest absolute Gasteiger partial charge is 0.507 e. The SMILES string of the molecule is O=C(CCOc1cc([NH2+]c2ccc(O)c3c2C(=O)c2ccccc2C3=O)c(Br)cc1Br)NCNC(=O)OCCc1cc([NH2+]c2ccc(O)c3c2C(=O)c2ccccc2C3=O)c(Br)cc1Br. The van der Waals surface area contributed by atoms with E-state index in [1.807, 2.05) is 12.1 Å². The van der Waals surface area contributed by atoms with E-state index in [2.05, 4.69) is 74.4 Å². The Kier molecular flexibility index (Phi) is 13.5. The van der Waals surface area contributed by atoms with Crippen LogP contribution in [-0.4, -0.2) is 65.2 Å². The van der Waals surface area contributed by atoms with E-state index in [1.165, 1.54) is 12.1 Å². The van der Waals surface area contributed by atoms with E-state index in [0.29, 0.717) is 48.3 Å². The molecule has 0 spiro atoms. The van der Waals surface area contributed by atoms with Gasteiger partial charge in [-0.1, -0.05) is 64.5 Å². The van der Waals surface area contributed by atoms with Crippen LogP contribution in [0.25, 0.3) is 0 Å². The number of phenolic OH excluding ortho intramolecular Hbond substituents is 2. The molecule has 18 heteroatoms. The van der Waals surface area contributed by atoms with E-state index in [4.69, 9.17) is 9.47 Å². The molecule has 14 nitrogen and oxygen atoms in total. The summed E-state index contributed by atoms with van der Waals surface area (Å²) in [6.07, 6.45) is -0.506. The van der Waals surface area contributed by atoms with Gasteiger partial charge in [-0.05, 0) is 77.6 Å². The molecule has 0 fully saturated rings. The highest BCUT2D eigenvalue weighted by molar-refractivity contribution is 9.11. The molecule has 0 unspecified atom stereocenters. The van der Waals surface area contributed by atoms with Crippen LogP contribution in [0.3, 0.4) is 0 Å². The summed E-state index contributed by atoms with van der Waals surface area (Å²) in [5.74, 6) is -2.19. The fourth-order valence-corrected chi connectivity index (χ4v) is 10.1. The molecule has 65 heavy (non-hydrogen) atoms. The van der Waals surface area contributed by atoms with Crippen molar-refractivity contribution in [3.8, 4) is 17.2 Å². The van der Waals surface area contributed by atoms with E-state index in [0.717, 1.165) is 10.0 Å². The highest BCUT2D eigenvalue weighted by Gasteiger charge is 2.37. The molecule has 8 N–H and O–H groups in total. The summed E-state index contributed by atoms with van der Waals surface area (Å²) in [5.41, 5.74) is 4.02. The molecule has 0 radical (unpaired) electrons. The number of carbonyl (C=O) groups excluding carboxylic acids is 6. The van der Waals surface area contributed by atoms with Crippen LogP contribution >= 0.6 is 63.7 Å². The van der Waals surface area contributed by atoms with Crippen molar-refractivity contribution < 1.29 is 59.1 Å². The second kappa shape index (κ2) is 19.2. The number of nitrogens with one attached hydrogen (secondary N) is 2. The van der Waals surface area contributed by atoms with E-state index >= 15 is 0 Å². The van der Waals surface area contributed by atoms with Crippen molar-refractivity contribution in [1.82, 2.24) is 10.6 Å². The van der Waals surface area contributed by atoms with Crippen LogP contribution in [0.2, 0.25) is 0 Å². The predicted octanol–water partition coefficient (Wildman–Crippen LogP) is 7.56. The summed E-state index contributed by atoms with van der Waals surface area (Å²) in [7, 11) is 0. The molecule has 0 aromatic heterocycles. The van der Waals surface area contributed by atoms with Gasteiger partial charge in [0.25, 0.3) is 0 Å². The number of amides is 2. The Morgan fingerprint density at radius 1 is 0.538 bits per heavy atom. The number of halogens is 4. The fraction of sp³-hybridized carbons (Fsp3) is 0.106. The molecule has 2 aliphatic carbocycles. The maximum absolute atomic E-state index is 13.6. The summed E-state index contributed by atoms with van der Waals surface area (Å²) in [6, 6.07) is 26.0. The fourth-order valence-electron chi connectivity index (χ4n) is 7.58. The van der Waals surface area contributed by atoms with Crippen molar-refractivity contribution in [2.24, 2.45) is 0 Å². The molecule has 2 aliphatic rings. The first kappa shape index (κ1) is 45.5. The van der Waals surface area contributed by atoms with Crippen molar-refractivity contribution in [1.29, 1.82) is 0 Å². The van der Waals surface area contributed by atoms with E-state index in [9.17, 15) is 39.0 Å². The average molecular weight is 1130 g/mol. The number of hydrogen-bond acceptors (Lipinski definition) is 10. The average Bonchev–Trinajstić information content (AvgIpc) is 3.28. The zero-order valence-corrected chi connectivity index (χ0v) is 39.9. The lowest BCUT2D eigenvalue weighted by atomic mass is 9.82. The van der Waals surface area contributed by atoms with Gasteiger partial charge in [-0.15, -0.1) is 0 Å². The second-order valence-corrected chi connectivity index (χ2v) is 18.2. The third-order valence-corrected chi connectivity index (χ3v) is 13.5. The van der Waals surface area contributed by atoms with Gasteiger partial charge in [-0.2, -0.15) is 0 Å². The van der Waals surface area contributed by atoms with Gasteiger partial charge in [-0.25, -0.2) is 4.79 Å². The Bertz CT molecular complexity index is 2830. The number of phenols is 2. The van der Waals surface area contributed by atoms with Crippen molar-refractivity contribution in [3.05, 3.63) is 165 Å². The molecular weight excluding hydrogens is 1100 g/mol. The summed E-state index contributed by atoms with van der Waals surface area (Å²) in [5, 5.41) is 29.7. The number of hydrogen-bond donors (Lipinski definition) is 6. The van der Waals surface area contributed by atoms with Crippen molar-refractivity contribution >= 4 is 122 Å². The Labute approximate surface area is 403 Å². The lowest BCUT2D eigenvalue weighted by molar-refractivity contribution is -0.480. The smallest absolute Gasteiger partial charge is 0.408 e. The Hall–Kier alpha value is -6.02. The van der Waals surface area contributed by atoms with Crippen LogP contribution in [0.5, 0.6) is 17.2 Å². The van der Waals surface area contributed by atoms with Gasteiger partial charge < -0.3 is 30.3 Å². The summed E-state index contributed by atoms with van der Waals surface area (Å²) < 4.78 is 13.9. The minimum atomic E-state index is -0.756. The number of quaternary nitrogens is 2. The van der Waals surface area contributed by atoms with Gasteiger partial charge in [0.05, 0.1) is 62.0 Å². The first-order valence-corrected chi connectivity index (χ1v) is 22.9. The molecule has 0 atom stereocenters. The molecule has 2 amide bonds. The normalized spacial score (nSPS) is 12.5. The number of rotatable bonds is 13. The third-order valence-electron chi connectivity index (χ3n) is 10.7. The van der Waals surface area contributed by atoms with E-state index < -0.39 is 23.6 Å². The maximum atomic E-state index is 13.6. The minimum absolute atomic E-state index is 0.00916. The quantitative estimate of drug-likeness (QED) is 0.0378. The molecule has 6 aromatic rings. The monoisotopic (exact) mass is 1130 g/mol. The molecule has 6 aromatic carbocycles. The Morgan fingerprint density at radius 2 is 1.02 bits per heavy atom. The molecular formula is C47H34Br4N4O10+2. The van der Waals surface area contributed by atoms with Gasteiger partial charge in [0.2, 0.25) is 17.5 Å². The number of alkyl carbamates (subject to hydrolysis) is 1. The first-order chi connectivity index (χ1) is 31.2. The molecule has 0 saturated carbocycles. The lowest BCUT2D eigenvalue weighted by Crippen LogP contribution is -2.72. The number of carbonyl (C=O) groups is 6. The number of nitrogens with two attached hydrogens (primary N) is 2. The van der Waals surface area contributed by atoms with Crippen LogP contribution in [0.4, 0.5) is 27.5 Å². The zero-order chi connectivity index (χ0) is 46.1. The summed E-state index contributed by atoms with van der Waals surface area (Å²) in [6.45, 7) is -0.233. The molecule has 0 bridgehead atoms. The van der Waals surface area contributed by atoms with E-state index in [1.54, 1.807) is 83.4 Å². The van der Waals surface area contributed by atoms with Gasteiger partial charge in [-0.3, -0.25) is 34.6 Å². The Balaban J connectivity index is 0.816. The number of benzene rings is 6. The standard InChI is InChI=1S/C47H32Br4N4O10/c48-27-18-28(49)33(54-31-9-11-35(56)41-39(31)43(59)23-5-1-3-7-25(23)45(41)61)17-22(27)13-15-65-47(63)53-21-52-38(58)14-16-64-37-20-34(29(50)19-30(37)51)55-32-10-12-36(57)42-40(32)44(60)24-6-2-4-8-26(24)46(42)62/h1-12,17-20,54-57H,13-16,21H2,(H,52,58)(H,53,63)/p+2. The van der Waals surface area contributed by atoms with Crippen LogP contribution in [0, 0.1) is 0 Å². The van der Waals surface area contributed by atoms with Gasteiger partial charge in [0.15, 0.2) is 17.3 Å². The summed E-state index contributed by atoms with van der Waals surface area (Å²) >= 11 is 14.1. The van der Waals surface area contributed by atoms with Gasteiger partial charge in [0, 0.05) is 57.4 Å². The topological polar surface area (TPSA) is 219 Å². The van der Waals surface area contributed by atoms with Crippen molar-refractivity contribution in [3.63, 3.8) is 0 Å². The molecule has 0 saturated heterocycles. The Morgan fingerprint density at radius 3 is 1.54 bits per heavy atom. The third kappa shape index (κ3) is 9.27. The molecule has 328 valence electrons. The summed E-state index contributed by atoms with van der Waals surface area (Å²) in [4.78, 5) is 78.9. The first-order valence-electron chi connectivity index (χ1n) is 19.8. The van der Waals surface area contributed by atoms with Crippen LogP contribution in [-0.2, 0) is 16.0 Å². The van der Waals surface area contributed by atoms with Crippen LogP contribution < -0.4 is 26.0 Å². The van der Waals surface area contributed by atoms with E-state index in [-0.39, 0.29) is 93.9 Å². The van der Waals surface area contributed by atoms with Gasteiger partial charge >= 0.3 is 6.09 Å². The number of ketones is 4. The van der Waals surface area contributed by atoms with Crippen molar-refractivity contribution in [2.75, 3.05) is 19.9 Å². The molecule has 0 aliphatic heterocycles. The minimum Gasteiger partial charge on any atom is -0.507 e. The molecule has 0 heterocycles. The number of aromatic hydroxyl groups is 2. The maximum Gasteiger partial charge on any atom is 0.408 e.